The third-order valence-corrected chi connectivity index (χ3v) is 4.07. The van der Waals surface area contributed by atoms with Crippen LogP contribution in [0.15, 0.2) is 60.9 Å². The minimum absolute atomic E-state index is 0.0629. The van der Waals surface area contributed by atoms with Crippen LogP contribution >= 0.6 is 0 Å². The summed E-state index contributed by atoms with van der Waals surface area (Å²) in [6, 6.07) is 7.73. The number of ether oxygens (including phenoxy) is 1. The molecular formula is C22H16F6O3. The molecule has 0 fully saturated rings. The Kier molecular flexibility index (Phi) is 7.32. The Bertz CT molecular complexity index is 1030. The van der Waals surface area contributed by atoms with Gasteiger partial charge in [0.25, 0.3) is 0 Å². The van der Waals surface area contributed by atoms with Crippen LogP contribution in [0.1, 0.15) is 27.8 Å². The molecule has 9 heteroatoms. The quantitative estimate of drug-likeness (QED) is 0.240. The number of alkyl halides is 6. The second-order valence-corrected chi connectivity index (χ2v) is 6.18. The molecule has 0 atom stereocenters. The van der Waals surface area contributed by atoms with Crippen molar-refractivity contribution in [3.63, 3.8) is 0 Å². The van der Waals surface area contributed by atoms with Crippen LogP contribution in [-0.2, 0) is 21.9 Å². The van der Waals surface area contributed by atoms with Gasteiger partial charge in [0.15, 0.2) is 0 Å². The topological polar surface area (TPSA) is 46.5 Å². The first-order valence-electron chi connectivity index (χ1n) is 8.64. The minimum atomic E-state index is -4.97. The first-order chi connectivity index (χ1) is 14.4. The molecular weight excluding hydrogens is 426 g/mol. The van der Waals surface area contributed by atoms with Crippen LogP contribution in [0.3, 0.4) is 0 Å². The average molecular weight is 442 g/mol. The Morgan fingerprint density at radius 1 is 0.903 bits per heavy atom. The summed E-state index contributed by atoms with van der Waals surface area (Å²) in [5.74, 6) is -1.24. The van der Waals surface area contributed by atoms with E-state index in [1.165, 1.54) is 31.4 Å². The molecule has 1 N–H and O–H groups in total. The van der Waals surface area contributed by atoms with Crippen LogP contribution in [0.25, 0.3) is 17.7 Å². The van der Waals surface area contributed by atoms with Crippen molar-refractivity contribution in [2.75, 3.05) is 7.11 Å². The molecule has 164 valence electrons. The lowest BCUT2D eigenvalue weighted by Crippen LogP contribution is -2.12. The van der Waals surface area contributed by atoms with Crippen molar-refractivity contribution in [1.82, 2.24) is 0 Å². The van der Waals surface area contributed by atoms with Crippen LogP contribution in [0.5, 0.6) is 0 Å². The highest BCUT2D eigenvalue weighted by molar-refractivity contribution is 6.16. The second-order valence-electron chi connectivity index (χ2n) is 6.18. The highest BCUT2D eigenvalue weighted by atomic mass is 19.4. The summed E-state index contributed by atoms with van der Waals surface area (Å²) < 4.78 is 82.6. The third-order valence-electron chi connectivity index (χ3n) is 4.07. The summed E-state index contributed by atoms with van der Waals surface area (Å²) in [4.78, 5) is 11.4. The van der Waals surface area contributed by atoms with E-state index in [0.29, 0.717) is 17.2 Å². The van der Waals surface area contributed by atoms with Gasteiger partial charge in [0.1, 0.15) is 5.57 Å². The fourth-order valence-corrected chi connectivity index (χ4v) is 2.68. The van der Waals surface area contributed by atoms with E-state index in [-0.39, 0.29) is 11.6 Å². The summed E-state index contributed by atoms with van der Waals surface area (Å²) in [5, 5.41) is 9.32. The van der Waals surface area contributed by atoms with Crippen molar-refractivity contribution in [2.24, 2.45) is 0 Å². The molecule has 0 saturated carbocycles. The predicted octanol–water partition coefficient (Wildman–Crippen LogP) is 6.52. The molecule has 2 rings (SSSR count). The van der Waals surface area contributed by atoms with E-state index in [9.17, 15) is 36.2 Å². The first kappa shape index (κ1) is 23.8. The highest BCUT2D eigenvalue weighted by Gasteiger charge is 2.37. The summed E-state index contributed by atoms with van der Waals surface area (Å²) in [5.41, 5.74) is -2.62. The normalized spacial score (nSPS) is 13.2. The highest BCUT2D eigenvalue weighted by Crippen LogP contribution is 2.37. The number of methoxy groups -OCH3 is 1. The fraction of sp³-hybridized carbons (Fsp3) is 0.136. The number of allylic oxidation sites excluding steroid dienone is 2. The maximum absolute atomic E-state index is 13.2. The van der Waals surface area contributed by atoms with Gasteiger partial charge < -0.3 is 9.84 Å². The van der Waals surface area contributed by atoms with Gasteiger partial charge in [-0.25, -0.2) is 4.79 Å². The Labute approximate surface area is 173 Å². The Morgan fingerprint density at radius 3 is 2.06 bits per heavy atom. The van der Waals surface area contributed by atoms with Crippen LogP contribution in [0, 0.1) is 0 Å². The zero-order valence-electron chi connectivity index (χ0n) is 16.0. The molecule has 0 bridgehead atoms. The number of halogens is 6. The van der Waals surface area contributed by atoms with Gasteiger partial charge in [-0.2, -0.15) is 26.3 Å². The number of carboxylic acids is 1. The molecule has 0 saturated heterocycles. The van der Waals surface area contributed by atoms with Gasteiger partial charge in [-0.05, 0) is 28.8 Å². The molecule has 3 nitrogen and oxygen atoms in total. The van der Waals surface area contributed by atoms with Gasteiger partial charge in [0, 0.05) is 0 Å². The summed E-state index contributed by atoms with van der Waals surface area (Å²) in [6.45, 7) is 0. The smallest absolute Gasteiger partial charge is 0.417 e. The van der Waals surface area contributed by atoms with Gasteiger partial charge >= 0.3 is 18.3 Å². The van der Waals surface area contributed by atoms with Gasteiger partial charge in [-0.1, -0.05) is 54.6 Å². The number of hydrogen-bond donors (Lipinski definition) is 1. The summed E-state index contributed by atoms with van der Waals surface area (Å²) in [6.07, 6.45) is -3.79. The van der Waals surface area contributed by atoms with E-state index in [2.05, 4.69) is 0 Å². The number of rotatable bonds is 6. The zero-order valence-corrected chi connectivity index (χ0v) is 16.0. The monoisotopic (exact) mass is 442 g/mol. The lowest BCUT2D eigenvalue weighted by atomic mass is 10.00. The predicted molar refractivity (Wildman–Crippen MR) is 104 cm³/mol. The standard InChI is InChI=1S/C22H16F6O3/c1-31-13-18(20(29)30)17-9-5-4-7-14(17)6-2-3-8-15-10-11-16(21(23,24)25)12-19(15)22(26,27)28/h2-13H,1H3,(H,29,30). The summed E-state index contributed by atoms with van der Waals surface area (Å²) in [7, 11) is 1.28. The number of carboxylic acid groups (broad SMARTS) is 1. The van der Waals surface area contributed by atoms with E-state index >= 15 is 0 Å². The first-order valence-corrected chi connectivity index (χ1v) is 8.64. The SMILES string of the molecule is COC=C(C(=O)O)c1ccccc1C=CC=Cc1ccc(C(F)(F)F)cc1C(F)(F)F. The van der Waals surface area contributed by atoms with Gasteiger partial charge in [0.2, 0.25) is 0 Å². The largest absolute Gasteiger partial charge is 0.503 e. The maximum Gasteiger partial charge on any atom is 0.417 e. The molecule has 0 heterocycles. The van der Waals surface area contributed by atoms with Gasteiger partial charge in [-0.3, -0.25) is 0 Å². The zero-order chi connectivity index (χ0) is 23.2. The number of aliphatic carboxylic acids is 1. The number of carbonyl (C=O) groups is 1. The molecule has 0 spiro atoms. The van der Waals surface area contributed by atoms with Gasteiger partial charge in [0.05, 0.1) is 24.5 Å². The molecule has 0 aliphatic heterocycles. The lowest BCUT2D eigenvalue weighted by Gasteiger charge is -2.14. The Morgan fingerprint density at radius 2 is 1.52 bits per heavy atom. The van der Waals surface area contributed by atoms with Crippen molar-refractivity contribution in [3.05, 3.63) is 88.7 Å². The van der Waals surface area contributed by atoms with E-state index in [4.69, 9.17) is 4.74 Å². The molecule has 31 heavy (non-hydrogen) atoms. The van der Waals surface area contributed by atoms with Crippen LogP contribution in [0.2, 0.25) is 0 Å². The molecule has 0 aliphatic rings. The molecule has 2 aromatic rings. The Hall–Kier alpha value is -3.49. The summed E-state index contributed by atoms with van der Waals surface area (Å²) >= 11 is 0. The van der Waals surface area contributed by atoms with E-state index in [0.717, 1.165) is 18.4 Å². The number of benzene rings is 2. The van der Waals surface area contributed by atoms with E-state index < -0.39 is 35.0 Å². The van der Waals surface area contributed by atoms with Crippen molar-refractivity contribution in [1.29, 1.82) is 0 Å². The van der Waals surface area contributed by atoms with Crippen molar-refractivity contribution in [3.8, 4) is 0 Å². The number of hydrogen-bond acceptors (Lipinski definition) is 2. The maximum atomic E-state index is 13.2. The second kappa shape index (κ2) is 9.55. The van der Waals surface area contributed by atoms with Crippen LogP contribution in [-0.4, -0.2) is 18.2 Å². The average Bonchev–Trinajstić information content (AvgIpc) is 2.68. The van der Waals surface area contributed by atoms with Crippen LogP contribution < -0.4 is 0 Å². The lowest BCUT2D eigenvalue weighted by molar-refractivity contribution is -0.143. The molecule has 0 amide bonds. The van der Waals surface area contributed by atoms with E-state index in [1.54, 1.807) is 18.2 Å². The van der Waals surface area contributed by atoms with Crippen LogP contribution in [0.4, 0.5) is 26.3 Å². The van der Waals surface area contributed by atoms with E-state index in [1.807, 2.05) is 0 Å². The van der Waals surface area contributed by atoms with Crippen molar-refractivity contribution >= 4 is 23.7 Å². The minimum Gasteiger partial charge on any atom is -0.503 e. The molecule has 0 unspecified atom stereocenters. The molecule has 0 aromatic heterocycles. The fourth-order valence-electron chi connectivity index (χ4n) is 2.68. The Balaban J connectivity index is 2.38. The third kappa shape index (κ3) is 6.24. The van der Waals surface area contributed by atoms with Gasteiger partial charge in [-0.15, -0.1) is 0 Å². The van der Waals surface area contributed by atoms with Crippen molar-refractivity contribution < 1.29 is 41.0 Å². The van der Waals surface area contributed by atoms with Crippen molar-refractivity contribution in [2.45, 2.75) is 12.4 Å². The molecule has 0 radical (unpaired) electrons. The molecule has 2 aromatic carbocycles. The molecule has 0 aliphatic carbocycles.